The Labute approximate surface area is 169 Å². The average molecular weight is 471 g/mol. The molecule has 7 heteroatoms. The standard InChI is InChI=1S/C18H21N3O2S.HI/c1-3-22-17-11-15(12-20-21-18(19)24-2)9-10-16(17)23-13-14-7-5-4-6-8-14;/h4-12H,3,13H2,1-2H3,(H2,19,21);1H. The molecule has 0 saturated carbocycles. The third kappa shape index (κ3) is 7.35. The number of halogens is 1. The van der Waals surface area contributed by atoms with Crippen LogP contribution in [-0.2, 0) is 6.61 Å². The van der Waals surface area contributed by atoms with Crippen molar-refractivity contribution in [1.29, 1.82) is 0 Å². The molecule has 5 nitrogen and oxygen atoms in total. The van der Waals surface area contributed by atoms with E-state index in [1.807, 2.05) is 61.7 Å². The second-order valence-corrected chi connectivity index (χ2v) is 5.63. The number of hydrogen-bond donors (Lipinski definition) is 1. The fraction of sp³-hybridized carbons (Fsp3) is 0.222. The van der Waals surface area contributed by atoms with Crippen LogP contribution in [0.2, 0.25) is 0 Å². The predicted molar refractivity (Wildman–Crippen MR) is 117 cm³/mol. The lowest BCUT2D eigenvalue weighted by Crippen LogP contribution is -2.04. The summed E-state index contributed by atoms with van der Waals surface area (Å²) in [4.78, 5) is 0. The molecule has 2 rings (SSSR count). The first-order valence-electron chi connectivity index (χ1n) is 7.57. The zero-order chi connectivity index (χ0) is 17.2. The van der Waals surface area contributed by atoms with E-state index in [9.17, 15) is 0 Å². The van der Waals surface area contributed by atoms with Gasteiger partial charge in [0.05, 0.1) is 12.8 Å². The van der Waals surface area contributed by atoms with Crippen molar-refractivity contribution in [2.24, 2.45) is 15.9 Å². The van der Waals surface area contributed by atoms with E-state index in [2.05, 4.69) is 10.2 Å². The van der Waals surface area contributed by atoms with Gasteiger partial charge in [0, 0.05) is 0 Å². The molecule has 0 amide bonds. The lowest BCUT2D eigenvalue weighted by atomic mass is 10.2. The summed E-state index contributed by atoms with van der Waals surface area (Å²) in [5.41, 5.74) is 7.56. The molecule has 0 bridgehead atoms. The number of rotatable bonds is 7. The second kappa shape index (κ2) is 11.8. The topological polar surface area (TPSA) is 69.2 Å². The van der Waals surface area contributed by atoms with Crippen molar-refractivity contribution in [3.63, 3.8) is 0 Å². The van der Waals surface area contributed by atoms with Crippen LogP contribution in [-0.4, -0.2) is 24.2 Å². The van der Waals surface area contributed by atoms with Gasteiger partial charge in [-0.3, -0.25) is 0 Å². The van der Waals surface area contributed by atoms with Crippen LogP contribution in [0.5, 0.6) is 11.5 Å². The maximum absolute atomic E-state index is 5.87. The lowest BCUT2D eigenvalue weighted by Gasteiger charge is -2.12. The average Bonchev–Trinajstić information content (AvgIpc) is 2.62. The van der Waals surface area contributed by atoms with Crippen molar-refractivity contribution in [2.45, 2.75) is 13.5 Å². The second-order valence-electron chi connectivity index (χ2n) is 4.80. The van der Waals surface area contributed by atoms with E-state index in [1.165, 1.54) is 11.8 Å². The summed E-state index contributed by atoms with van der Waals surface area (Å²) in [7, 11) is 0. The molecule has 2 aromatic rings. The summed E-state index contributed by atoms with van der Waals surface area (Å²) in [6, 6.07) is 15.7. The first-order chi connectivity index (χ1) is 11.7. The fourth-order valence-corrected chi connectivity index (χ4v) is 2.05. The van der Waals surface area contributed by atoms with Gasteiger partial charge in [0.15, 0.2) is 16.7 Å². The number of ether oxygens (including phenoxy) is 2. The van der Waals surface area contributed by atoms with E-state index in [0.29, 0.717) is 29.9 Å². The molecule has 25 heavy (non-hydrogen) atoms. The number of nitrogens with two attached hydrogens (primary N) is 1. The summed E-state index contributed by atoms with van der Waals surface area (Å²) in [5.74, 6) is 1.38. The predicted octanol–water partition coefficient (Wildman–Crippen LogP) is 4.29. The van der Waals surface area contributed by atoms with Crippen molar-refractivity contribution in [1.82, 2.24) is 0 Å². The van der Waals surface area contributed by atoms with Gasteiger partial charge in [0.2, 0.25) is 0 Å². The maximum atomic E-state index is 5.87. The highest BCUT2D eigenvalue weighted by molar-refractivity contribution is 14.0. The Morgan fingerprint density at radius 2 is 1.88 bits per heavy atom. The Morgan fingerprint density at radius 1 is 1.12 bits per heavy atom. The van der Waals surface area contributed by atoms with Crippen molar-refractivity contribution in [3.05, 3.63) is 59.7 Å². The van der Waals surface area contributed by atoms with Crippen LogP contribution >= 0.6 is 35.7 Å². The van der Waals surface area contributed by atoms with Gasteiger partial charge in [-0.1, -0.05) is 42.1 Å². The largest absolute Gasteiger partial charge is 0.490 e. The van der Waals surface area contributed by atoms with Gasteiger partial charge in [0.25, 0.3) is 0 Å². The van der Waals surface area contributed by atoms with E-state index < -0.39 is 0 Å². The molecule has 0 aliphatic heterocycles. The third-order valence-corrected chi connectivity index (χ3v) is 3.58. The third-order valence-electron chi connectivity index (χ3n) is 3.08. The van der Waals surface area contributed by atoms with Crippen LogP contribution in [0.15, 0.2) is 58.7 Å². The highest BCUT2D eigenvalue weighted by Crippen LogP contribution is 2.28. The zero-order valence-corrected chi connectivity index (χ0v) is 17.4. The van der Waals surface area contributed by atoms with Crippen molar-refractivity contribution >= 4 is 47.1 Å². The Kier molecular flexibility index (Phi) is 10.0. The number of benzene rings is 2. The molecule has 134 valence electrons. The van der Waals surface area contributed by atoms with Gasteiger partial charge in [0.1, 0.15) is 6.61 Å². The number of amidine groups is 1. The van der Waals surface area contributed by atoms with Crippen LogP contribution < -0.4 is 15.2 Å². The zero-order valence-electron chi connectivity index (χ0n) is 14.2. The monoisotopic (exact) mass is 471 g/mol. The minimum Gasteiger partial charge on any atom is -0.490 e. The van der Waals surface area contributed by atoms with Gasteiger partial charge in [-0.05, 0) is 42.5 Å². The Morgan fingerprint density at radius 3 is 2.56 bits per heavy atom. The highest BCUT2D eigenvalue weighted by Gasteiger charge is 2.06. The number of nitrogens with zero attached hydrogens (tertiary/aromatic N) is 2. The molecule has 0 aliphatic carbocycles. The molecule has 0 saturated heterocycles. The van der Waals surface area contributed by atoms with E-state index in [-0.39, 0.29) is 24.0 Å². The molecule has 0 aromatic heterocycles. The van der Waals surface area contributed by atoms with E-state index in [4.69, 9.17) is 15.2 Å². The van der Waals surface area contributed by atoms with Crippen LogP contribution in [0, 0.1) is 0 Å². The van der Waals surface area contributed by atoms with Crippen molar-refractivity contribution < 1.29 is 9.47 Å². The molecule has 0 atom stereocenters. The molecule has 0 aliphatic rings. The van der Waals surface area contributed by atoms with Crippen LogP contribution in [0.25, 0.3) is 0 Å². The molecule has 0 radical (unpaired) electrons. The Bertz CT molecular complexity index is 709. The van der Waals surface area contributed by atoms with Gasteiger partial charge in [-0.25, -0.2) is 0 Å². The normalized spacial score (nSPS) is 11.2. The van der Waals surface area contributed by atoms with Gasteiger partial charge in [-0.2, -0.15) is 5.10 Å². The molecule has 0 unspecified atom stereocenters. The Hall–Kier alpha value is -1.74. The highest BCUT2D eigenvalue weighted by atomic mass is 127. The summed E-state index contributed by atoms with van der Waals surface area (Å²) in [6.07, 6.45) is 3.48. The van der Waals surface area contributed by atoms with E-state index >= 15 is 0 Å². The molecular weight excluding hydrogens is 449 g/mol. The van der Waals surface area contributed by atoms with Crippen molar-refractivity contribution in [3.8, 4) is 11.5 Å². The lowest BCUT2D eigenvalue weighted by molar-refractivity contribution is 0.269. The van der Waals surface area contributed by atoms with Gasteiger partial charge < -0.3 is 15.2 Å². The van der Waals surface area contributed by atoms with Crippen LogP contribution in [0.4, 0.5) is 0 Å². The maximum Gasteiger partial charge on any atom is 0.180 e. The van der Waals surface area contributed by atoms with E-state index in [1.54, 1.807) is 6.21 Å². The molecule has 2 aromatic carbocycles. The molecule has 0 spiro atoms. The number of thioether (sulfide) groups is 1. The minimum atomic E-state index is 0. The SMILES string of the molecule is CCOc1cc(C=NN=C(N)SC)ccc1OCc1ccccc1.I. The summed E-state index contributed by atoms with van der Waals surface area (Å²) in [6.45, 7) is 2.98. The first kappa shape index (κ1) is 21.3. The molecule has 0 fully saturated rings. The Balaban J connectivity index is 0.00000312. The summed E-state index contributed by atoms with van der Waals surface area (Å²) < 4.78 is 11.5. The first-order valence-corrected chi connectivity index (χ1v) is 8.79. The van der Waals surface area contributed by atoms with Crippen LogP contribution in [0.1, 0.15) is 18.1 Å². The molecule has 2 N–H and O–H groups in total. The fourth-order valence-electron chi connectivity index (χ4n) is 1.92. The van der Waals surface area contributed by atoms with E-state index in [0.717, 1.165) is 11.1 Å². The molecule has 0 heterocycles. The summed E-state index contributed by atoms with van der Waals surface area (Å²) in [5, 5.41) is 8.24. The summed E-state index contributed by atoms with van der Waals surface area (Å²) >= 11 is 1.35. The minimum absolute atomic E-state index is 0. The smallest absolute Gasteiger partial charge is 0.180 e. The molecular formula is C18H22IN3O2S. The van der Waals surface area contributed by atoms with Gasteiger partial charge in [-0.15, -0.1) is 29.1 Å². The quantitative estimate of drug-likeness (QED) is 0.283. The number of hydrogen-bond acceptors (Lipinski definition) is 5. The van der Waals surface area contributed by atoms with Gasteiger partial charge >= 0.3 is 0 Å². The van der Waals surface area contributed by atoms with Crippen molar-refractivity contribution in [2.75, 3.05) is 12.9 Å². The van der Waals surface area contributed by atoms with Crippen LogP contribution in [0.3, 0.4) is 0 Å².